The summed E-state index contributed by atoms with van der Waals surface area (Å²) < 4.78 is 14.1. The van der Waals surface area contributed by atoms with Gasteiger partial charge in [0, 0.05) is 32.8 Å². The SMILES string of the molecule is CC(=O)NCC1CCN(c2nccc(C(=O)O)c2F)CC1. The van der Waals surface area contributed by atoms with Gasteiger partial charge in [-0.25, -0.2) is 14.2 Å². The number of aromatic nitrogens is 1. The lowest BCUT2D eigenvalue weighted by molar-refractivity contribution is -0.119. The lowest BCUT2D eigenvalue weighted by atomic mass is 9.96. The highest BCUT2D eigenvalue weighted by atomic mass is 19.1. The Morgan fingerprint density at radius 1 is 1.48 bits per heavy atom. The molecule has 2 rings (SSSR count). The first-order valence-corrected chi connectivity index (χ1v) is 6.86. The summed E-state index contributed by atoms with van der Waals surface area (Å²) in [6.45, 7) is 3.29. The van der Waals surface area contributed by atoms with Gasteiger partial charge in [0.1, 0.15) is 5.56 Å². The third-order valence-corrected chi connectivity index (χ3v) is 3.65. The molecular formula is C14H18FN3O3. The van der Waals surface area contributed by atoms with Gasteiger partial charge in [0.2, 0.25) is 5.91 Å². The third-order valence-electron chi connectivity index (χ3n) is 3.65. The van der Waals surface area contributed by atoms with Crippen LogP contribution in [0.4, 0.5) is 10.2 Å². The van der Waals surface area contributed by atoms with Gasteiger partial charge in [0.25, 0.3) is 0 Å². The van der Waals surface area contributed by atoms with Crippen LogP contribution in [0.15, 0.2) is 12.3 Å². The van der Waals surface area contributed by atoms with Gasteiger partial charge in [-0.2, -0.15) is 0 Å². The number of halogens is 1. The molecule has 0 spiro atoms. The minimum Gasteiger partial charge on any atom is -0.478 e. The maximum atomic E-state index is 14.1. The number of carboxylic acids is 1. The lowest BCUT2D eigenvalue weighted by Crippen LogP contribution is -2.39. The van der Waals surface area contributed by atoms with Crippen molar-refractivity contribution in [2.45, 2.75) is 19.8 Å². The number of carbonyl (C=O) groups excluding carboxylic acids is 1. The molecule has 1 fully saturated rings. The second kappa shape index (κ2) is 6.51. The Morgan fingerprint density at radius 3 is 2.71 bits per heavy atom. The van der Waals surface area contributed by atoms with Gasteiger partial charge in [0.15, 0.2) is 11.6 Å². The normalized spacial score (nSPS) is 15.8. The van der Waals surface area contributed by atoms with Crippen molar-refractivity contribution >= 4 is 17.7 Å². The zero-order chi connectivity index (χ0) is 15.4. The molecule has 1 amide bonds. The van der Waals surface area contributed by atoms with Crippen molar-refractivity contribution < 1.29 is 19.1 Å². The van der Waals surface area contributed by atoms with E-state index in [0.717, 1.165) is 18.9 Å². The van der Waals surface area contributed by atoms with E-state index in [2.05, 4.69) is 10.3 Å². The predicted molar refractivity (Wildman–Crippen MR) is 74.8 cm³/mol. The van der Waals surface area contributed by atoms with Crippen molar-refractivity contribution in [3.05, 3.63) is 23.6 Å². The molecule has 0 aliphatic carbocycles. The molecule has 0 bridgehead atoms. The second-order valence-corrected chi connectivity index (χ2v) is 5.17. The molecule has 1 aliphatic rings. The van der Waals surface area contributed by atoms with Crippen LogP contribution in [0.3, 0.4) is 0 Å². The van der Waals surface area contributed by atoms with E-state index >= 15 is 0 Å². The maximum Gasteiger partial charge on any atom is 0.338 e. The van der Waals surface area contributed by atoms with E-state index in [1.807, 2.05) is 0 Å². The van der Waals surface area contributed by atoms with Crippen LogP contribution in [0.5, 0.6) is 0 Å². The number of pyridine rings is 1. The van der Waals surface area contributed by atoms with E-state index in [1.165, 1.54) is 13.1 Å². The van der Waals surface area contributed by atoms with Crippen LogP contribution in [-0.4, -0.2) is 41.6 Å². The molecular weight excluding hydrogens is 277 g/mol. The molecule has 2 heterocycles. The summed E-state index contributed by atoms with van der Waals surface area (Å²) in [5, 5.41) is 11.7. The number of hydrogen-bond acceptors (Lipinski definition) is 4. The molecule has 0 aromatic carbocycles. The van der Waals surface area contributed by atoms with Crippen molar-refractivity contribution in [3.8, 4) is 0 Å². The number of amides is 1. The molecule has 0 atom stereocenters. The number of piperidine rings is 1. The summed E-state index contributed by atoms with van der Waals surface area (Å²) >= 11 is 0. The Labute approximate surface area is 122 Å². The van der Waals surface area contributed by atoms with E-state index < -0.39 is 11.8 Å². The molecule has 0 saturated carbocycles. The second-order valence-electron chi connectivity index (χ2n) is 5.17. The van der Waals surface area contributed by atoms with Gasteiger partial charge in [-0.3, -0.25) is 4.79 Å². The van der Waals surface area contributed by atoms with E-state index in [9.17, 15) is 14.0 Å². The first kappa shape index (κ1) is 15.2. The summed E-state index contributed by atoms with van der Waals surface area (Å²) in [5.74, 6) is -1.69. The van der Waals surface area contributed by atoms with Crippen molar-refractivity contribution in [2.75, 3.05) is 24.5 Å². The number of hydrogen-bond donors (Lipinski definition) is 2. The molecule has 1 aromatic heterocycles. The number of nitrogens with one attached hydrogen (secondary N) is 1. The smallest absolute Gasteiger partial charge is 0.338 e. The van der Waals surface area contributed by atoms with Crippen LogP contribution in [0.25, 0.3) is 0 Å². The molecule has 114 valence electrons. The number of anilines is 1. The van der Waals surface area contributed by atoms with E-state index in [1.54, 1.807) is 4.90 Å². The first-order chi connectivity index (χ1) is 9.99. The quantitative estimate of drug-likeness (QED) is 0.874. The fourth-order valence-corrected chi connectivity index (χ4v) is 2.46. The summed E-state index contributed by atoms with van der Waals surface area (Å²) in [4.78, 5) is 27.5. The van der Waals surface area contributed by atoms with Gasteiger partial charge < -0.3 is 15.3 Å². The minimum atomic E-state index is -1.29. The van der Waals surface area contributed by atoms with Crippen molar-refractivity contribution in [1.29, 1.82) is 0 Å². The largest absolute Gasteiger partial charge is 0.478 e. The van der Waals surface area contributed by atoms with Crippen LogP contribution < -0.4 is 10.2 Å². The van der Waals surface area contributed by atoms with Crippen molar-refractivity contribution in [1.82, 2.24) is 10.3 Å². The highest BCUT2D eigenvalue weighted by Crippen LogP contribution is 2.25. The number of carboxylic acid groups (broad SMARTS) is 1. The Kier molecular flexibility index (Phi) is 4.72. The fourth-order valence-electron chi connectivity index (χ4n) is 2.46. The molecule has 0 radical (unpaired) electrons. The molecule has 7 heteroatoms. The molecule has 6 nitrogen and oxygen atoms in total. The Bertz CT molecular complexity index is 542. The third kappa shape index (κ3) is 3.68. The molecule has 2 N–H and O–H groups in total. The molecule has 1 aliphatic heterocycles. The monoisotopic (exact) mass is 295 g/mol. The standard InChI is InChI=1S/C14H18FN3O3/c1-9(19)17-8-10-3-6-18(7-4-10)13-12(15)11(14(20)21)2-5-16-13/h2,5,10H,3-4,6-8H2,1H3,(H,17,19)(H,20,21). The Balaban J connectivity index is 2.01. The topological polar surface area (TPSA) is 82.5 Å². The molecule has 1 aromatic rings. The zero-order valence-corrected chi connectivity index (χ0v) is 11.8. The summed E-state index contributed by atoms with van der Waals surface area (Å²) in [7, 11) is 0. The highest BCUT2D eigenvalue weighted by molar-refractivity contribution is 5.88. The number of rotatable bonds is 4. The average Bonchev–Trinajstić information content (AvgIpc) is 2.45. The molecule has 1 saturated heterocycles. The van der Waals surface area contributed by atoms with Crippen molar-refractivity contribution in [2.24, 2.45) is 5.92 Å². The zero-order valence-electron chi connectivity index (χ0n) is 11.8. The summed E-state index contributed by atoms with van der Waals surface area (Å²) in [6, 6.07) is 1.16. The predicted octanol–water partition coefficient (Wildman–Crippen LogP) is 1.27. The van der Waals surface area contributed by atoms with E-state index in [-0.39, 0.29) is 17.3 Å². The number of aromatic carboxylic acids is 1. The van der Waals surface area contributed by atoms with Gasteiger partial charge in [-0.1, -0.05) is 0 Å². The Hall–Kier alpha value is -2.18. The van der Waals surface area contributed by atoms with E-state index in [4.69, 9.17) is 5.11 Å². The van der Waals surface area contributed by atoms with Gasteiger partial charge in [-0.05, 0) is 24.8 Å². The van der Waals surface area contributed by atoms with Crippen LogP contribution in [0.2, 0.25) is 0 Å². The van der Waals surface area contributed by atoms with Crippen LogP contribution in [0, 0.1) is 11.7 Å². The van der Waals surface area contributed by atoms with Crippen molar-refractivity contribution in [3.63, 3.8) is 0 Å². The molecule has 0 unspecified atom stereocenters. The Morgan fingerprint density at radius 2 is 2.14 bits per heavy atom. The summed E-state index contributed by atoms with van der Waals surface area (Å²) in [6.07, 6.45) is 2.92. The van der Waals surface area contributed by atoms with Gasteiger partial charge >= 0.3 is 5.97 Å². The fraction of sp³-hybridized carbons (Fsp3) is 0.500. The lowest BCUT2D eigenvalue weighted by Gasteiger charge is -2.33. The van der Waals surface area contributed by atoms with Crippen LogP contribution in [0.1, 0.15) is 30.1 Å². The van der Waals surface area contributed by atoms with Gasteiger partial charge in [-0.15, -0.1) is 0 Å². The highest BCUT2D eigenvalue weighted by Gasteiger charge is 2.24. The van der Waals surface area contributed by atoms with Gasteiger partial charge in [0.05, 0.1) is 0 Å². The summed E-state index contributed by atoms with van der Waals surface area (Å²) in [5.41, 5.74) is -0.361. The number of carbonyl (C=O) groups is 2. The first-order valence-electron chi connectivity index (χ1n) is 6.86. The molecule has 21 heavy (non-hydrogen) atoms. The average molecular weight is 295 g/mol. The van der Waals surface area contributed by atoms with E-state index in [0.29, 0.717) is 25.6 Å². The maximum absolute atomic E-state index is 14.1. The van der Waals surface area contributed by atoms with Crippen LogP contribution in [-0.2, 0) is 4.79 Å². The number of nitrogens with zero attached hydrogens (tertiary/aromatic N) is 2. The minimum absolute atomic E-state index is 0.0562. The van der Waals surface area contributed by atoms with Crippen LogP contribution >= 0.6 is 0 Å².